The summed E-state index contributed by atoms with van der Waals surface area (Å²) in [5, 5.41) is 10.3. The lowest BCUT2D eigenvalue weighted by atomic mass is 9.87. The molecule has 0 radical (unpaired) electrons. The second-order valence-electron chi connectivity index (χ2n) is 9.89. The Morgan fingerprint density at radius 3 is 2.66 bits per heavy atom. The van der Waals surface area contributed by atoms with E-state index in [2.05, 4.69) is 26.0 Å². The number of carbonyl (C=O) groups is 1. The Morgan fingerprint density at radius 2 is 1.89 bits per heavy atom. The van der Waals surface area contributed by atoms with Crippen LogP contribution >= 0.6 is 0 Å². The van der Waals surface area contributed by atoms with Gasteiger partial charge in [0.25, 0.3) is 0 Å². The van der Waals surface area contributed by atoms with Gasteiger partial charge < -0.3 is 24.2 Å². The van der Waals surface area contributed by atoms with Crippen molar-refractivity contribution in [3.63, 3.8) is 0 Å². The van der Waals surface area contributed by atoms with Crippen molar-refractivity contribution in [1.29, 1.82) is 0 Å². The van der Waals surface area contributed by atoms with E-state index in [-0.39, 0.29) is 11.5 Å². The number of nitrogens with zero attached hydrogens (tertiary/aromatic N) is 2. The monoisotopic (exact) mass is 478 g/mol. The van der Waals surface area contributed by atoms with Gasteiger partial charge in [-0.3, -0.25) is 0 Å². The maximum Gasteiger partial charge on any atom is 0.407 e. The lowest BCUT2D eigenvalue weighted by Crippen LogP contribution is -2.46. The standard InChI is InChI=1S/C28H34N2O5/c1-20-25(18-33-19-28(2,3)15-22-16-30(27(31)32)13-14-34-22)29-24-12-8-7-11-23(24)26(20)35-17-21-9-5-4-6-10-21/h4-12,22H,13-19H2,1-3H3,(H,31,32). The molecule has 7 heteroatoms. The molecule has 0 bridgehead atoms. The van der Waals surface area contributed by atoms with Crippen molar-refractivity contribution in [2.45, 2.75) is 46.5 Å². The number of ether oxygens (including phenoxy) is 3. The molecular formula is C28H34N2O5. The maximum absolute atomic E-state index is 11.3. The van der Waals surface area contributed by atoms with Crippen LogP contribution in [0.2, 0.25) is 0 Å². The van der Waals surface area contributed by atoms with E-state index in [0.717, 1.165) is 33.5 Å². The number of amides is 1. The summed E-state index contributed by atoms with van der Waals surface area (Å²) in [6.45, 7) is 8.87. The van der Waals surface area contributed by atoms with Crippen LogP contribution in [0.5, 0.6) is 5.75 Å². The number of pyridine rings is 1. The van der Waals surface area contributed by atoms with Gasteiger partial charge in [0.2, 0.25) is 0 Å². The van der Waals surface area contributed by atoms with Gasteiger partial charge in [-0.15, -0.1) is 0 Å². The second-order valence-corrected chi connectivity index (χ2v) is 9.89. The molecule has 4 rings (SSSR count). The van der Waals surface area contributed by atoms with Gasteiger partial charge in [0, 0.05) is 17.5 Å². The molecule has 1 saturated heterocycles. The van der Waals surface area contributed by atoms with E-state index in [9.17, 15) is 9.90 Å². The summed E-state index contributed by atoms with van der Waals surface area (Å²) in [5.74, 6) is 0.835. The van der Waals surface area contributed by atoms with E-state index in [1.165, 1.54) is 4.90 Å². The molecule has 0 saturated carbocycles. The predicted molar refractivity (Wildman–Crippen MR) is 135 cm³/mol. The molecule has 3 aromatic rings. The average Bonchev–Trinajstić information content (AvgIpc) is 2.84. The first kappa shape index (κ1) is 24.9. The Labute approximate surface area is 206 Å². The van der Waals surface area contributed by atoms with Crippen LogP contribution in [0.25, 0.3) is 10.9 Å². The van der Waals surface area contributed by atoms with Crippen molar-refractivity contribution in [2.24, 2.45) is 5.41 Å². The molecule has 0 aliphatic carbocycles. The van der Waals surface area contributed by atoms with Gasteiger partial charge in [-0.2, -0.15) is 0 Å². The number of carboxylic acid groups (broad SMARTS) is 1. The molecule has 1 unspecified atom stereocenters. The molecule has 2 heterocycles. The zero-order valence-corrected chi connectivity index (χ0v) is 20.7. The van der Waals surface area contributed by atoms with Crippen molar-refractivity contribution in [2.75, 3.05) is 26.3 Å². The summed E-state index contributed by atoms with van der Waals surface area (Å²) in [6, 6.07) is 18.1. The van der Waals surface area contributed by atoms with Crippen LogP contribution in [0, 0.1) is 12.3 Å². The van der Waals surface area contributed by atoms with Gasteiger partial charge in [-0.1, -0.05) is 56.3 Å². The highest BCUT2D eigenvalue weighted by atomic mass is 16.5. The molecule has 1 aliphatic heterocycles. The van der Waals surface area contributed by atoms with Crippen LogP contribution in [-0.2, 0) is 22.7 Å². The van der Waals surface area contributed by atoms with Gasteiger partial charge in [0.05, 0.1) is 43.7 Å². The summed E-state index contributed by atoms with van der Waals surface area (Å²) in [5.41, 5.74) is 3.64. The molecule has 0 spiro atoms. The van der Waals surface area contributed by atoms with Crippen molar-refractivity contribution in [1.82, 2.24) is 9.88 Å². The van der Waals surface area contributed by atoms with Crippen LogP contribution in [-0.4, -0.2) is 53.5 Å². The topological polar surface area (TPSA) is 81.1 Å². The van der Waals surface area contributed by atoms with Gasteiger partial charge in [0.15, 0.2) is 0 Å². The summed E-state index contributed by atoms with van der Waals surface area (Å²) in [6.07, 6.45) is -0.306. The molecular weight excluding hydrogens is 444 g/mol. The number of hydrogen-bond donors (Lipinski definition) is 1. The Hall–Kier alpha value is -3.16. The molecule has 35 heavy (non-hydrogen) atoms. The normalized spacial score (nSPS) is 16.4. The van der Waals surface area contributed by atoms with E-state index in [0.29, 0.717) is 45.9 Å². The number of aromatic nitrogens is 1. The predicted octanol–water partition coefficient (Wildman–Crippen LogP) is 5.43. The van der Waals surface area contributed by atoms with Crippen LogP contribution in [0.4, 0.5) is 4.79 Å². The molecule has 1 amide bonds. The van der Waals surface area contributed by atoms with E-state index >= 15 is 0 Å². The highest BCUT2D eigenvalue weighted by Gasteiger charge is 2.30. The van der Waals surface area contributed by atoms with Gasteiger partial charge in [-0.05, 0) is 36.5 Å². The second kappa shape index (κ2) is 11.1. The fourth-order valence-electron chi connectivity index (χ4n) is 4.50. The molecule has 186 valence electrons. The first-order chi connectivity index (χ1) is 16.8. The molecule has 1 fully saturated rings. The summed E-state index contributed by atoms with van der Waals surface area (Å²) in [7, 11) is 0. The first-order valence-corrected chi connectivity index (χ1v) is 12.0. The van der Waals surface area contributed by atoms with Crippen molar-refractivity contribution < 1.29 is 24.1 Å². The minimum Gasteiger partial charge on any atom is -0.488 e. The lowest BCUT2D eigenvalue weighted by Gasteiger charge is -2.35. The van der Waals surface area contributed by atoms with Crippen LogP contribution < -0.4 is 4.74 Å². The minimum atomic E-state index is -0.893. The maximum atomic E-state index is 11.3. The number of morpholine rings is 1. The number of para-hydroxylation sites is 1. The van der Waals surface area contributed by atoms with Crippen LogP contribution in [0.1, 0.15) is 37.1 Å². The Bertz CT molecular complexity index is 1150. The largest absolute Gasteiger partial charge is 0.488 e. The van der Waals surface area contributed by atoms with Crippen molar-refractivity contribution in [3.05, 3.63) is 71.4 Å². The van der Waals surface area contributed by atoms with E-state index in [1.807, 2.05) is 49.4 Å². The zero-order chi connectivity index (χ0) is 24.8. The third-order valence-corrected chi connectivity index (χ3v) is 6.32. The molecule has 2 aromatic carbocycles. The first-order valence-electron chi connectivity index (χ1n) is 12.0. The third-order valence-electron chi connectivity index (χ3n) is 6.32. The highest BCUT2D eigenvalue weighted by Crippen LogP contribution is 2.32. The SMILES string of the molecule is Cc1c(COCC(C)(C)CC2CN(C(=O)O)CCO2)nc2ccccc2c1OCc1ccccc1. The summed E-state index contributed by atoms with van der Waals surface area (Å²) >= 11 is 0. The number of benzene rings is 2. The quantitative estimate of drug-likeness (QED) is 0.441. The highest BCUT2D eigenvalue weighted by molar-refractivity contribution is 5.86. The zero-order valence-electron chi connectivity index (χ0n) is 20.7. The number of rotatable bonds is 9. The Kier molecular flexibility index (Phi) is 7.88. The van der Waals surface area contributed by atoms with Crippen molar-refractivity contribution >= 4 is 17.0 Å². The fourth-order valence-corrected chi connectivity index (χ4v) is 4.50. The molecule has 1 aromatic heterocycles. The van der Waals surface area contributed by atoms with Gasteiger partial charge in [-0.25, -0.2) is 9.78 Å². The van der Waals surface area contributed by atoms with E-state index in [4.69, 9.17) is 19.2 Å². The number of hydrogen-bond acceptors (Lipinski definition) is 5. The third kappa shape index (κ3) is 6.50. The van der Waals surface area contributed by atoms with Crippen LogP contribution in [0.3, 0.4) is 0 Å². The lowest BCUT2D eigenvalue weighted by molar-refractivity contribution is -0.0547. The smallest absolute Gasteiger partial charge is 0.407 e. The van der Waals surface area contributed by atoms with E-state index in [1.54, 1.807) is 0 Å². The van der Waals surface area contributed by atoms with Gasteiger partial charge >= 0.3 is 6.09 Å². The minimum absolute atomic E-state index is 0.128. The molecule has 1 atom stereocenters. The summed E-state index contributed by atoms with van der Waals surface area (Å²) in [4.78, 5) is 17.6. The number of fused-ring (bicyclic) bond motifs is 1. The summed E-state index contributed by atoms with van der Waals surface area (Å²) < 4.78 is 18.2. The molecule has 1 aliphatic rings. The van der Waals surface area contributed by atoms with Crippen LogP contribution in [0.15, 0.2) is 54.6 Å². The van der Waals surface area contributed by atoms with Gasteiger partial charge in [0.1, 0.15) is 12.4 Å². The Morgan fingerprint density at radius 1 is 1.14 bits per heavy atom. The van der Waals surface area contributed by atoms with E-state index < -0.39 is 6.09 Å². The average molecular weight is 479 g/mol. The fraction of sp³-hybridized carbons (Fsp3) is 0.429. The Balaban J connectivity index is 1.42. The van der Waals surface area contributed by atoms with Crippen molar-refractivity contribution in [3.8, 4) is 5.75 Å². The molecule has 7 nitrogen and oxygen atoms in total. The molecule has 1 N–H and O–H groups in total.